The largest absolute Gasteiger partial charge is 0.445 e. The Hall–Kier alpha value is -1.73. The van der Waals surface area contributed by atoms with Crippen molar-refractivity contribution in [2.24, 2.45) is 0 Å². The zero-order chi connectivity index (χ0) is 12.0. The fourth-order valence-electron chi connectivity index (χ4n) is 1.01. The molecule has 0 spiro atoms. The summed E-state index contributed by atoms with van der Waals surface area (Å²) < 4.78 is 4.98. The minimum absolute atomic E-state index is 0.0133. The lowest BCUT2D eigenvalue weighted by atomic mass is 10.2. The first-order valence-electron chi connectivity index (χ1n) is 4.63. The third-order valence-corrected chi connectivity index (χ3v) is 2.15. The molecule has 0 fully saturated rings. The van der Waals surface area contributed by atoms with Gasteiger partial charge in [0.25, 0.3) is 0 Å². The van der Waals surface area contributed by atoms with Crippen LogP contribution in [0.25, 0.3) is 0 Å². The maximum atomic E-state index is 11.3. The summed E-state index contributed by atoms with van der Waals surface area (Å²) in [6, 6.07) is 8.87. The van der Waals surface area contributed by atoms with E-state index in [0.717, 1.165) is 5.56 Å². The SMILES string of the molecule is CN(CC#N)C(=O)OCc1ccc(Cl)cc1. The second-order valence-electron chi connectivity index (χ2n) is 3.20. The van der Waals surface area contributed by atoms with Crippen molar-refractivity contribution in [1.29, 1.82) is 5.26 Å². The maximum Gasteiger partial charge on any atom is 0.410 e. The number of ether oxygens (including phenoxy) is 1. The Morgan fingerprint density at radius 2 is 2.12 bits per heavy atom. The van der Waals surface area contributed by atoms with E-state index < -0.39 is 6.09 Å². The van der Waals surface area contributed by atoms with Crippen LogP contribution in [0.5, 0.6) is 0 Å². The molecule has 0 N–H and O–H groups in total. The first-order chi connectivity index (χ1) is 7.63. The molecule has 0 aliphatic rings. The van der Waals surface area contributed by atoms with Crippen LogP contribution in [-0.4, -0.2) is 24.6 Å². The molecule has 0 bridgehead atoms. The van der Waals surface area contributed by atoms with Gasteiger partial charge >= 0.3 is 6.09 Å². The third kappa shape index (κ3) is 3.79. The number of rotatable bonds is 3. The number of nitrogens with zero attached hydrogens (tertiary/aromatic N) is 2. The van der Waals surface area contributed by atoms with Crippen LogP contribution in [0.4, 0.5) is 4.79 Å². The molecule has 4 nitrogen and oxygen atoms in total. The molecule has 0 atom stereocenters. The van der Waals surface area contributed by atoms with Gasteiger partial charge in [-0.1, -0.05) is 23.7 Å². The summed E-state index contributed by atoms with van der Waals surface area (Å²) in [6.07, 6.45) is -0.517. The number of carbonyl (C=O) groups excluding carboxylic acids is 1. The van der Waals surface area contributed by atoms with Gasteiger partial charge in [0.05, 0.1) is 6.07 Å². The molecule has 0 aliphatic carbocycles. The van der Waals surface area contributed by atoms with Crippen LogP contribution >= 0.6 is 11.6 Å². The predicted octanol–water partition coefficient (Wildman–Crippen LogP) is 2.43. The van der Waals surface area contributed by atoms with E-state index in [1.807, 2.05) is 6.07 Å². The molecule has 16 heavy (non-hydrogen) atoms. The minimum Gasteiger partial charge on any atom is -0.445 e. The zero-order valence-corrected chi connectivity index (χ0v) is 9.57. The third-order valence-electron chi connectivity index (χ3n) is 1.90. The molecule has 0 radical (unpaired) electrons. The second kappa shape index (κ2) is 5.99. The normalized spacial score (nSPS) is 9.31. The fourth-order valence-corrected chi connectivity index (χ4v) is 1.13. The summed E-state index contributed by atoms with van der Waals surface area (Å²) in [6.45, 7) is 0.186. The van der Waals surface area contributed by atoms with Crippen LogP contribution in [0.3, 0.4) is 0 Å². The van der Waals surface area contributed by atoms with E-state index in [9.17, 15) is 4.79 Å². The Labute approximate surface area is 99.0 Å². The molecule has 0 aromatic heterocycles. The van der Waals surface area contributed by atoms with Gasteiger partial charge in [-0.05, 0) is 17.7 Å². The Bertz CT molecular complexity index is 397. The summed E-state index contributed by atoms with van der Waals surface area (Å²) in [5.41, 5.74) is 0.850. The van der Waals surface area contributed by atoms with E-state index in [0.29, 0.717) is 5.02 Å². The fraction of sp³-hybridized carbons (Fsp3) is 0.273. The lowest BCUT2D eigenvalue weighted by Gasteiger charge is -2.13. The smallest absolute Gasteiger partial charge is 0.410 e. The predicted molar refractivity (Wildman–Crippen MR) is 59.9 cm³/mol. The van der Waals surface area contributed by atoms with Gasteiger partial charge in [-0.25, -0.2) is 4.79 Å². The van der Waals surface area contributed by atoms with Crippen LogP contribution in [0.15, 0.2) is 24.3 Å². The van der Waals surface area contributed by atoms with E-state index in [1.165, 1.54) is 11.9 Å². The second-order valence-corrected chi connectivity index (χ2v) is 3.63. The Balaban J connectivity index is 2.43. The molecule has 0 saturated carbocycles. The average molecular weight is 239 g/mol. The minimum atomic E-state index is -0.517. The van der Waals surface area contributed by atoms with Crippen LogP contribution in [0.2, 0.25) is 5.02 Å². The summed E-state index contributed by atoms with van der Waals surface area (Å²) in [5.74, 6) is 0. The molecule has 5 heteroatoms. The van der Waals surface area contributed by atoms with Crippen LogP contribution in [0, 0.1) is 11.3 Å². The van der Waals surface area contributed by atoms with Gasteiger partial charge < -0.3 is 4.74 Å². The van der Waals surface area contributed by atoms with E-state index in [-0.39, 0.29) is 13.2 Å². The van der Waals surface area contributed by atoms with Crippen molar-refractivity contribution in [3.63, 3.8) is 0 Å². The summed E-state index contributed by atoms with van der Waals surface area (Å²) >= 11 is 5.71. The van der Waals surface area contributed by atoms with Gasteiger partial charge in [-0.15, -0.1) is 0 Å². The highest BCUT2D eigenvalue weighted by atomic mass is 35.5. The highest BCUT2D eigenvalue weighted by molar-refractivity contribution is 6.30. The van der Waals surface area contributed by atoms with Crippen LogP contribution in [-0.2, 0) is 11.3 Å². The van der Waals surface area contributed by atoms with Crippen molar-refractivity contribution in [2.75, 3.05) is 13.6 Å². The van der Waals surface area contributed by atoms with Crippen molar-refractivity contribution < 1.29 is 9.53 Å². The van der Waals surface area contributed by atoms with Gasteiger partial charge in [0, 0.05) is 12.1 Å². The van der Waals surface area contributed by atoms with Crippen molar-refractivity contribution in [1.82, 2.24) is 4.90 Å². The lowest BCUT2D eigenvalue weighted by Crippen LogP contribution is -2.27. The van der Waals surface area contributed by atoms with E-state index in [1.54, 1.807) is 24.3 Å². The molecule has 1 amide bonds. The Morgan fingerprint density at radius 1 is 1.50 bits per heavy atom. The molecule has 0 aliphatic heterocycles. The van der Waals surface area contributed by atoms with Gasteiger partial charge in [-0.3, -0.25) is 4.90 Å². The highest BCUT2D eigenvalue weighted by Crippen LogP contribution is 2.10. The standard InChI is InChI=1S/C11H11ClN2O2/c1-14(7-6-13)11(15)16-8-9-2-4-10(12)5-3-9/h2-5H,7-8H2,1H3. The number of benzene rings is 1. The number of hydrogen-bond acceptors (Lipinski definition) is 3. The van der Waals surface area contributed by atoms with E-state index in [2.05, 4.69) is 0 Å². The molecule has 84 valence electrons. The number of amides is 1. The molecule has 1 aromatic carbocycles. The van der Waals surface area contributed by atoms with Gasteiger partial charge in [0.15, 0.2) is 0 Å². The zero-order valence-electron chi connectivity index (χ0n) is 8.81. The molecular formula is C11H11ClN2O2. The van der Waals surface area contributed by atoms with Crippen molar-refractivity contribution in [3.05, 3.63) is 34.9 Å². The van der Waals surface area contributed by atoms with Gasteiger partial charge in [-0.2, -0.15) is 5.26 Å². The van der Waals surface area contributed by atoms with E-state index in [4.69, 9.17) is 21.6 Å². The molecule has 1 aromatic rings. The topological polar surface area (TPSA) is 53.3 Å². The Morgan fingerprint density at radius 3 is 2.69 bits per heavy atom. The quantitative estimate of drug-likeness (QED) is 0.760. The highest BCUT2D eigenvalue weighted by Gasteiger charge is 2.08. The van der Waals surface area contributed by atoms with Gasteiger partial charge in [0.1, 0.15) is 13.2 Å². The average Bonchev–Trinajstić information content (AvgIpc) is 2.28. The number of hydrogen-bond donors (Lipinski definition) is 0. The molecule has 1 rings (SSSR count). The summed E-state index contributed by atoms with van der Waals surface area (Å²) in [7, 11) is 1.51. The first-order valence-corrected chi connectivity index (χ1v) is 5.00. The van der Waals surface area contributed by atoms with Crippen molar-refractivity contribution >= 4 is 17.7 Å². The maximum absolute atomic E-state index is 11.3. The molecule has 0 heterocycles. The molecular weight excluding hydrogens is 228 g/mol. The van der Waals surface area contributed by atoms with E-state index >= 15 is 0 Å². The first kappa shape index (κ1) is 12.3. The number of carbonyl (C=O) groups is 1. The molecule has 0 saturated heterocycles. The lowest BCUT2D eigenvalue weighted by molar-refractivity contribution is 0.108. The van der Waals surface area contributed by atoms with Crippen molar-refractivity contribution in [3.8, 4) is 6.07 Å². The summed E-state index contributed by atoms with van der Waals surface area (Å²) in [4.78, 5) is 12.5. The Kier molecular flexibility index (Phi) is 4.62. The van der Waals surface area contributed by atoms with Gasteiger partial charge in [0.2, 0.25) is 0 Å². The monoisotopic (exact) mass is 238 g/mol. The van der Waals surface area contributed by atoms with Crippen LogP contribution in [0.1, 0.15) is 5.56 Å². The van der Waals surface area contributed by atoms with Crippen molar-refractivity contribution in [2.45, 2.75) is 6.61 Å². The number of nitriles is 1. The molecule has 0 unspecified atom stereocenters. The summed E-state index contributed by atoms with van der Waals surface area (Å²) in [5, 5.41) is 9.02. The van der Waals surface area contributed by atoms with Crippen LogP contribution < -0.4 is 0 Å². The number of halogens is 1.